The van der Waals surface area contributed by atoms with E-state index in [-0.39, 0.29) is 0 Å². The Bertz CT molecular complexity index is 172. The molecule has 1 aliphatic rings. The molecule has 0 N–H and O–H groups in total. The lowest BCUT2D eigenvalue weighted by molar-refractivity contribution is 0.0527. The summed E-state index contributed by atoms with van der Waals surface area (Å²) in [6.45, 7) is 9.35. The van der Waals surface area contributed by atoms with Crippen molar-refractivity contribution in [2.75, 3.05) is 58.4 Å². The van der Waals surface area contributed by atoms with Gasteiger partial charge < -0.3 is 9.64 Å². The van der Waals surface area contributed by atoms with Crippen molar-refractivity contribution in [2.24, 2.45) is 0 Å². The van der Waals surface area contributed by atoms with Crippen molar-refractivity contribution in [1.29, 1.82) is 0 Å². The van der Waals surface area contributed by atoms with Crippen molar-refractivity contribution in [2.45, 2.75) is 19.4 Å². The minimum Gasteiger partial charge on any atom is -0.380 e. The van der Waals surface area contributed by atoms with Gasteiger partial charge in [-0.15, -0.1) is 0 Å². The van der Waals surface area contributed by atoms with Gasteiger partial charge in [-0.3, -0.25) is 4.90 Å². The lowest BCUT2D eigenvalue weighted by Gasteiger charge is -2.35. The van der Waals surface area contributed by atoms with E-state index < -0.39 is 0 Å². The van der Waals surface area contributed by atoms with E-state index in [1.165, 1.54) is 44.9 Å². The molecule has 1 atom stereocenters. The zero-order valence-corrected chi connectivity index (χ0v) is 11.8. The van der Waals surface area contributed by atoms with E-state index >= 15 is 0 Å². The second-order valence-corrected chi connectivity index (χ2v) is 5.52. The Morgan fingerprint density at radius 3 is 2.38 bits per heavy atom. The van der Waals surface area contributed by atoms with Crippen molar-refractivity contribution in [3.63, 3.8) is 0 Å². The highest BCUT2D eigenvalue weighted by Crippen LogP contribution is 2.05. The Kier molecular flexibility index (Phi) is 7.45. The number of nitrogens with zero attached hydrogens (tertiary/aromatic N) is 2. The van der Waals surface area contributed by atoms with Gasteiger partial charge in [0.15, 0.2) is 0 Å². The third-order valence-corrected chi connectivity index (χ3v) is 3.90. The number of methoxy groups -OCH3 is 1. The fraction of sp³-hybridized carbons (Fsp3) is 1.00. The van der Waals surface area contributed by atoms with E-state index in [4.69, 9.17) is 4.74 Å². The molecule has 1 aliphatic heterocycles. The normalized spacial score (nSPS) is 21.2. The van der Waals surface area contributed by atoms with Crippen LogP contribution >= 0.6 is 11.8 Å². The van der Waals surface area contributed by atoms with Gasteiger partial charge in [-0.05, 0) is 31.9 Å². The van der Waals surface area contributed by atoms with Gasteiger partial charge in [0.25, 0.3) is 0 Å². The molecule has 1 heterocycles. The summed E-state index contributed by atoms with van der Waals surface area (Å²) < 4.78 is 5.30. The monoisotopic (exact) mass is 246 g/mol. The van der Waals surface area contributed by atoms with Gasteiger partial charge in [0.05, 0.1) is 6.10 Å². The molecule has 1 saturated heterocycles. The van der Waals surface area contributed by atoms with Crippen LogP contribution in [0.4, 0.5) is 0 Å². The Morgan fingerprint density at radius 2 is 1.81 bits per heavy atom. The van der Waals surface area contributed by atoms with Crippen molar-refractivity contribution >= 4 is 11.8 Å². The number of hydrogen-bond donors (Lipinski definition) is 0. The van der Waals surface area contributed by atoms with Crippen LogP contribution in [0.2, 0.25) is 0 Å². The molecule has 1 rings (SSSR count). The van der Waals surface area contributed by atoms with Crippen LogP contribution in [0, 0.1) is 0 Å². The number of hydrogen-bond acceptors (Lipinski definition) is 4. The Morgan fingerprint density at radius 1 is 1.19 bits per heavy atom. The predicted octanol–water partition coefficient (Wildman–Crippen LogP) is 1.39. The van der Waals surface area contributed by atoms with E-state index in [2.05, 4.69) is 23.0 Å². The second-order valence-electron chi connectivity index (χ2n) is 4.53. The summed E-state index contributed by atoms with van der Waals surface area (Å²) in [6.07, 6.45) is 3.88. The molecule has 3 nitrogen and oxygen atoms in total. The van der Waals surface area contributed by atoms with Crippen LogP contribution in [0.15, 0.2) is 0 Å². The molecular weight excluding hydrogens is 220 g/mol. The summed E-state index contributed by atoms with van der Waals surface area (Å²) in [6, 6.07) is 0. The smallest absolute Gasteiger partial charge is 0.0670 e. The van der Waals surface area contributed by atoms with Crippen LogP contribution in [-0.2, 0) is 4.74 Å². The zero-order chi connectivity index (χ0) is 11.8. The van der Waals surface area contributed by atoms with Crippen molar-refractivity contribution in [3.05, 3.63) is 0 Å². The first-order valence-electron chi connectivity index (χ1n) is 6.22. The molecule has 0 amide bonds. The van der Waals surface area contributed by atoms with Crippen LogP contribution in [0.3, 0.4) is 0 Å². The fourth-order valence-electron chi connectivity index (χ4n) is 2.07. The van der Waals surface area contributed by atoms with Gasteiger partial charge in [-0.25, -0.2) is 0 Å². The van der Waals surface area contributed by atoms with Gasteiger partial charge in [0, 0.05) is 39.8 Å². The maximum Gasteiger partial charge on any atom is 0.0670 e. The molecule has 4 heteroatoms. The quantitative estimate of drug-likeness (QED) is 0.631. The standard InChI is InChI=1S/C12H26N2OS/c1-12(15-2)11-14-8-6-13(7-9-14)5-4-10-16-3/h12H,4-11H2,1-3H3. The Balaban J connectivity index is 2.08. The van der Waals surface area contributed by atoms with Gasteiger partial charge in [0.2, 0.25) is 0 Å². The van der Waals surface area contributed by atoms with Gasteiger partial charge in [-0.1, -0.05) is 0 Å². The SMILES string of the molecule is COC(C)CN1CCN(CCCSC)CC1. The first-order chi connectivity index (χ1) is 7.76. The molecule has 1 unspecified atom stereocenters. The average Bonchev–Trinajstić information content (AvgIpc) is 2.31. The molecular formula is C12H26N2OS. The number of thioether (sulfide) groups is 1. The van der Waals surface area contributed by atoms with Crippen molar-refractivity contribution in [3.8, 4) is 0 Å². The number of rotatable bonds is 7. The summed E-state index contributed by atoms with van der Waals surface area (Å²) in [7, 11) is 1.79. The van der Waals surface area contributed by atoms with E-state index in [1.807, 2.05) is 11.8 Å². The second kappa shape index (κ2) is 8.34. The van der Waals surface area contributed by atoms with E-state index in [9.17, 15) is 0 Å². The first-order valence-corrected chi connectivity index (χ1v) is 7.62. The summed E-state index contributed by atoms with van der Waals surface area (Å²) in [5.41, 5.74) is 0. The lowest BCUT2D eigenvalue weighted by Crippen LogP contribution is -2.48. The minimum absolute atomic E-state index is 0.364. The number of piperazine rings is 1. The molecule has 0 aliphatic carbocycles. The molecule has 16 heavy (non-hydrogen) atoms. The molecule has 0 saturated carbocycles. The summed E-state index contributed by atoms with van der Waals surface area (Å²) >= 11 is 1.95. The Labute approximate surface area is 105 Å². The van der Waals surface area contributed by atoms with Crippen LogP contribution in [-0.4, -0.2) is 74.3 Å². The Hall–Kier alpha value is 0.230. The van der Waals surface area contributed by atoms with E-state index in [1.54, 1.807) is 7.11 Å². The maximum absolute atomic E-state index is 5.30. The summed E-state index contributed by atoms with van der Waals surface area (Å²) in [4.78, 5) is 5.10. The predicted molar refractivity (Wildman–Crippen MR) is 72.4 cm³/mol. The third kappa shape index (κ3) is 5.53. The maximum atomic E-state index is 5.30. The average molecular weight is 246 g/mol. The highest BCUT2D eigenvalue weighted by molar-refractivity contribution is 7.98. The minimum atomic E-state index is 0.364. The van der Waals surface area contributed by atoms with Gasteiger partial charge >= 0.3 is 0 Å². The first kappa shape index (κ1) is 14.3. The largest absolute Gasteiger partial charge is 0.380 e. The highest BCUT2D eigenvalue weighted by Gasteiger charge is 2.17. The molecule has 96 valence electrons. The van der Waals surface area contributed by atoms with Crippen LogP contribution in [0.1, 0.15) is 13.3 Å². The molecule has 0 aromatic rings. The topological polar surface area (TPSA) is 15.7 Å². The van der Waals surface area contributed by atoms with Gasteiger partial charge in [-0.2, -0.15) is 11.8 Å². The molecule has 0 spiro atoms. The van der Waals surface area contributed by atoms with Crippen molar-refractivity contribution in [1.82, 2.24) is 9.80 Å². The van der Waals surface area contributed by atoms with Crippen LogP contribution in [0.25, 0.3) is 0 Å². The molecule has 1 fully saturated rings. The van der Waals surface area contributed by atoms with Crippen LogP contribution < -0.4 is 0 Å². The fourth-order valence-corrected chi connectivity index (χ4v) is 2.48. The molecule has 0 radical (unpaired) electrons. The highest BCUT2D eigenvalue weighted by atomic mass is 32.2. The van der Waals surface area contributed by atoms with Crippen molar-refractivity contribution < 1.29 is 4.74 Å². The molecule has 0 aromatic heterocycles. The number of ether oxygens (including phenoxy) is 1. The van der Waals surface area contributed by atoms with Crippen LogP contribution in [0.5, 0.6) is 0 Å². The summed E-state index contributed by atoms with van der Waals surface area (Å²) in [5, 5.41) is 0. The third-order valence-electron chi connectivity index (χ3n) is 3.21. The molecule has 0 bridgehead atoms. The van der Waals surface area contributed by atoms with Gasteiger partial charge in [0.1, 0.15) is 0 Å². The summed E-state index contributed by atoms with van der Waals surface area (Å²) in [5.74, 6) is 1.29. The van der Waals surface area contributed by atoms with E-state index in [0.29, 0.717) is 6.10 Å². The van der Waals surface area contributed by atoms with E-state index in [0.717, 1.165) is 6.54 Å². The zero-order valence-electron chi connectivity index (χ0n) is 10.9. The molecule has 0 aromatic carbocycles. The lowest BCUT2D eigenvalue weighted by atomic mass is 10.2.